The predicted molar refractivity (Wildman–Crippen MR) is 72.3 cm³/mol. The summed E-state index contributed by atoms with van der Waals surface area (Å²) >= 11 is 0. The molecule has 0 radical (unpaired) electrons. The van der Waals surface area contributed by atoms with Crippen LogP contribution in [0, 0.1) is 0 Å². The molecule has 0 fully saturated rings. The number of hydrogen-bond acceptors (Lipinski definition) is 4. The molecule has 2 heterocycles. The fourth-order valence-electron chi connectivity index (χ4n) is 2.27. The summed E-state index contributed by atoms with van der Waals surface area (Å²) in [7, 11) is 0. The van der Waals surface area contributed by atoms with Gasteiger partial charge in [0.2, 0.25) is 0 Å². The third kappa shape index (κ3) is 2.25. The molecule has 1 unspecified atom stereocenters. The number of fused-ring (bicyclic) bond motifs is 1. The van der Waals surface area contributed by atoms with Gasteiger partial charge in [0.25, 0.3) is 0 Å². The largest absolute Gasteiger partial charge is 0.481 e. The highest BCUT2D eigenvalue weighted by atomic mass is 16.4. The first-order valence-corrected chi connectivity index (χ1v) is 6.20. The van der Waals surface area contributed by atoms with Gasteiger partial charge in [-0.1, -0.05) is 18.2 Å². The molecule has 5 nitrogen and oxygen atoms in total. The maximum absolute atomic E-state index is 11.1. The normalized spacial score (nSPS) is 12.4. The maximum atomic E-state index is 11.1. The Kier molecular flexibility index (Phi) is 3.16. The lowest BCUT2D eigenvalue weighted by molar-refractivity contribution is -0.137. The van der Waals surface area contributed by atoms with E-state index in [9.17, 15) is 4.79 Å². The van der Waals surface area contributed by atoms with Crippen LogP contribution in [0.5, 0.6) is 0 Å². The zero-order chi connectivity index (χ0) is 13.9. The summed E-state index contributed by atoms with van der Waals surface area (Å²) < 4.78 is 5.48. The van der Waals surface area contributed by atoms with Gasteiger partial charge in [-0.2, -0.15) is 0 Å². The smallest absolute Gasteiger partial charge is 0.304 e. The van der Waals surface area contributed by atoms with Crippen molar-refractivity contribution in [2.24, 2.45) is 0 Å². The molecule has 0 saturated heterocycles. The maximum Gasteiger partial charge on any atom is 0.304 e. The average molecular weight is 268 g/mol. The summed E-state index contributed by atoms with van der Waals surface area (Å²) in [5, 5.41) is 10.0. The van der Waals surface area contributed by atoms with Gasteiger partial charge in [0.15, 0.2) is 0 Å². The highest BCUT2D eigenvalue weighted by molar-refractivity contribution is 5.82. The molecule has 100 valence electrons. The van der Waals surface area contributed by atoms with Gasteiger partial charge in [-0.15, -0.1) is 0 Å². The Labute approximate surface area is 114 Å². The van der Waals surface area contributed by atoms with Gasteiger partial charge >= 0.3 is 5.97 Å². The SMILES string of the molecule is O=C(O)CC(c1ncccn1)c1coc2ccccc12. The first-order valence-electron chi connectivity index (χ1n) is 6.20. The van der Waals surface area contributed by atoms with Crippen molar-refractivity contribution in [3.63, 3.8) is 0 Å². The number of rotatable bonds is 4. The number of para-hydroxylation sites is 1. The minimum atomic E-state index is -0.896. The summed E-state index contributed by atoms with van der Waals surface area (Å²) in [4.78, 5) is 19.5. The monoisotopic (exact) mass is 268 g/mol. The Morgan fingerprint density at radius 3 is 2.70 bits per heavy atom. The van der Waals surface area contributed by atoms with Gasteiger partial charge in [0, 0.05) is 23.3 Å². The Bertz CT molecular complexity index is 737. The molecule has 0 aliphatic carbocycles. The number of hydrogen-bond donors (Lipinski definition) is 1. The van der Waals surface area contributed by atoms with Crippen LogP contribution in [0.3, 0.4) is 0 Å². The van der Waals surface area contributed by atoms with E-state index < -0.39 is 11.9 Å². The number of carbonyl (C=O) groups is 1. The molecule has 0 saturated carbocycles. The van der Waals surface area contributed by atoms with E-state index in [-0.39, 0.29) is 6.42 Å². The minimum Gasteiger partial charge on any atom is -0.481 e. The molecule has 20 heavy (non-hydrogen) atoms. The summed E-state index contributed by atoms with van der Waals surface area (Å²) in [6, 6.07) is 9.23. The number of aliphatic carboxylic acids is 1. The standard InChI is InChI=1S/C15H12N2O3/c18-14(19)8-11(15-16-6-3-7-17-15)12-9-20-13-5-2-1-4-10(12)13/h1-7,9,11H,8H2,(H,18,19). The molecule has 3 aromatic rings. The lowest BCUT2D eigenvalue weighted by Crippen LogP contribution is -2.10. The van der Waals surface area contributed by atoms with E-state index in [4.69, 9.17) is 9.52 Å². The molecule has 1 atom stereocenters. The summed E-state index contributed by atoms with van der Waals surface area (Å²) in [6.45, 7) is 0. The molecule has 0 bridgehead atoms. The van der Waals surface area contributed by atoms with Crippen LogP contribution >= 0.6 is 0 Å². The Morgan fingerprint density at radius 2 is 1.95 bits per heavy atom. The van der Waals surface area contributed by atoms with Crippen molar-refractivity contribution in [1.82, 2.24) is 9.97 Å². The van der Waals surface area contributed by atoms with Gasteiger partial charge in [-0.3, -0.25) is 4.79 Å². The van der Waals surface area contributed by atoms with Crippen LogP contribution in [0.1, 0.15) is 23.7 Å². The molecule has 1 aromatic carbocycles. The van der Waals surface area contributed by atoms with Crippen molar-refractivity contribution in [3.8, 4) is 0 Å². The first-order chi connectivity index (χ1) is 9.75. The molecule has 3 rings (SSSR count). The number of benzene rings is 1. The van der Waals surface area contributed by atoms with E-state index in [2.05, 4.69) is 9.97 Å². The van der Waals surface area contributed by atoms with E-state index in [1.165, 1.54) is 0 Å². The zero-order valence-corrected chi connectivity index (χ0v) is 10.6. The van der Waals surface area contributed by atoms with Crippen LogP contribution in [0.15, 0.2) is 53.4 Å². The number of carboxylic acids is 1. The second-order valence-corrected chi connectivity index (χ2v) is 4.44. The molecule has 0 aliphatic rings. The topological polar surface area (TPSA) is 76.2 Å². The number of aromatic nitrogens is 2. The van der Waals surface area contributed by atoms with Gasteiger partial charge in [0.05, 0.1) is 18.6 Å². The minimum absolute atomic E-state index is 0.0759. The van der Waals surface area contributed by atoms with Gasteiger partial charge in [-0.25, -0.2) is 9.97 Å². The zero-order valence-electron chi connectivity index (χ0n) is 10.6. The summed E-state index contributed by atoms with van der Waals surface area (Å²) in [5.74, 6) is -0.827. The van der Waals surface area contributed by atoms with Crippen LogP contribution in [-0.4, -0.2) is 21.0 Å². The first kappa shape index (κ1) is 12.3. The fraction of sp³-hybridized carbons (Fsp3) is 0.133. The average Bonchev–Trinajstić information content (AvgIpc) is 2.89. The molecular formula is C15H12N2O3. The lowest BCUT2D eigenvalue weighted by atomic mass is 9.94. The van der Waals surface area contributed by atoms with Crippen molar-refractivity contribution >= 4 is 16.9 Å². The van der Waals surface area contributed by atoms with E-state index in [1.807, 2.05) is 24.3 Å². The molecular weight excluding hydrogens is 256 g/mol. The van der Waals surface area contributed by atoms with Gasteiger partial charge in [0.1, 0.15) is 11.4 Å². The second-order valence-electron chi connectivity index (χ2n) is 4.44. The van der Waals surface area contributed by atoms with Crippen molar-refractivity contribution < 1.29 is 14.3 Å². The summed E-state index contributed by atoms with van der Waals surface area (Å²) in [5.41, 5.74) is 1.53. The van der Waals surface area contributed by atoms with Crippen molar-refractivity contribution in [1.29, 1.82) is 0 Å². The predicted octanol–water partition coefficient (Wildman–Crippen LogP) is 2.83. The quantitative estimate of drug-likeness (QED) is 0.787. The molecule has 0 aliphatic heterocycles. The van der Waals surface area contributed by atoms with Crippen LogP contribution in [0.4, 0.5) is 0 Å². The summed E-state index contributed by atoms with van der Waals surface area (Å²) in [6.07, 6.45) is 4.74. The number of nitrogens with zero attached hydrogens (tertiary/aromatic N) is 2. The highest BCUT2D eigenvalue weighted by Crippen LogP contribution is 2.32. The Balaban J connectivity index is 2.12. The number of carboxylic acid groups (broad SMARTS) is 1. The van der Waals surface area contributed by atoms with Crippen molar-refractivity contribution in [2.45, 2.75) is 12.3 Å². The second kappa shape index (κ2) is 5.13. The van der Waals surface area contributed by atoms with Crippen LogP contribution in [0.2, 0.25) is 0 Å². The van der Waals surface area contributed by atoms with Gasteiger partial charge in [-0.05, 0) is 12.1 Å². The highest BCUT2D eigenvalue weighted by Gasteiger charge is 2.24. The van der Waals surface area contributed by atoms with Gasteiger partial charge < -0.3 is 9.52 Å². The third-order valence-corrected chi connectivity index (χ3v) is 3.16. The van der Waals surface area contributed by atoms with Crippen LogP contribution in [0.25, 0.3) is 11.0 Å². The Hall–Kier alpha value is -2.69. The molecule has 0 spiro atoms. The third-order valence-electron chi connectivity index (χ3n) is 3.16. The Morgan fingerprint density at radius 1 is 1.20 bits per heavy atom. The molecule has 5 heteroatoms. The van der Waals surface area contributed by atoms with Crippen molar-refractivity contribution in [3.05, 3.63) is 60.4 Å². The van der Waals surface area contributed by atoms with E-state index in [0.29, 0.717) is 5.82 Å². The van der Waals surface area contributed by atoms with E-state index in [0.717, 1.165) is 16.5 Å². The van der Waals surface area contributed by atoms with E-state index >= 15 is 0 Å². The molecule has 2 aromatic heterocycles. The lowest BCUT2D eigenvalue weighted by Gasteiger charge is -2.11. The molecule has 0 amide bonds. The van der Waals surface area contributed by atoms with Crippen LogP contribution < -0.4 is 0 Å². The van der Waals surface area contributed by atoms with Crippen molar-refractivity contribution in [2.75, 3.05) is 0 Å². The van der Waals surface area contributed by atoms with Crippen LogP contribution in [-0.2, 0) is 4.79 Å². The number of furan rings is 1. The fourth-order valence-corrected chi connectivity index (χ4v) is 2.27. The van der Waals surface area contributed by atoms with E-state index in [1.54, 1.807) is 24.7 Å². The molecule has 1 N–H and O–H groups in total.